The number of benzene rings is 1. The third-order valence-electron chi connectivity index (χ3n) is 3.72. The molecular formula is C19H25N3O6. The van der Waals surface area contributed by atoms with Crippen LogP contribution in [0.5, 0.6) is 0 Å². The van der Waals surface area contributed by atoms with E-state index in [1.807, 2.05) is 24.3 Å². The van der Waals surface area contributed by atoms with Crippen LogP contribution in [0.1, 0.15) is 31.2 Å². The van der Waals surface area contributed by atoms with Crippen LogP contribution in [-0.2, 0) is 25.7 Å². The van der Waals surface area contributed by atoms with E-state index >= 15 is 0 Å². The van der Waals surface area contributed by atoms with Crippen molar-refractivity contribution in [3.05, 3.63) is 35.9 Å². The molecule has 0 aliphatic heterocycles. The quantitative estimate of drug-likeness (QED) is 0.378. The monoisotopic (exact) mass is 391 g/mol. The van der Waals surface area contributed by atoms with Crippen molar-refractivity contribution in [3.63, 3.8) is 0 Å². The highest BCUT2D eigenvalue weighted by atomic mass is 16.5. The highest BCUT2D eigenvalue weighted by Gasteiger charge is 2.22. The van der Waals surface area contributed by atoms with Crippen molar-refractivity contribution >= 4 is 18.0 Å². The zero-order chi connectivity index (χ0) is 20.8. The first-order chi connectivity index (χ1) is 13.5. The fourth-order valence-electron chi connectivity index (χ4n) is 2.29. The summed E-state index contributed by atoms with van der Waals surface area (Å²) in [5.74, 6) is -1.19. The third-order valence-corrected chi connectivity index (χ3v) is 3.72. The molecule has 0 unspecified atom stereocenters. The Morgan fingerprint density at radius 1 is 1.25 bits per heavy atom. The second-order valence-electron chi connectivity index (χ2n) is 5.99. The Bertz CT molecular complexity index is 674. The van der Waals surface area contributed by atoms with E-state index in [-0.39, 0.29) is 32.4 Å². The number of aliphatic hydroxyl groups excluding tert-OH is 1. The Morgan fingerprint density at radius 2 is 1.96 bits per heavy atom. The summed E-state index contributed by atoms with van der Waals surface area (Å²) < 4.78 is 9.62. The first-order valence-corrected chi connectivity index (χ1v) is 8.83. The van der Waals surface area contributed by atoms with Crippen molar-refractivity contribution < 1.29 is 29.0 Å². The van der Waals surface area contributed by atoms with Crippen molar-refractivity contribution in [3.8, 4) is 6.07 Å². The van der Waals surface area contributed by atoms with Gasteiger partial charge in [0.05, 0.1) is 25.7 Å². The normalized spacial score (nSPS) is 12.2. The summed E-state index contributed by atoms with van der Waals surface area (Å²) >= 11 is 0. The number of carbonyl (C=O) groups is 3. The lowest BCUT2D eigenvalue weighted by molar-refractivity contribution is -0.145. The van der Waals surface area contributed by atoms with Gasteiger partial charge in [-0.1, -0.05) is 30.3 Å². The predicted molar refractivity (Wildman–Crippen MR) is 98.7 cm³/mol. The SMILES string of the molecule is COC(=O)[C@H](CCCC#N)NC(=O)C[C@H](O)CNC(=O)OCc1ccccc1. The number of hydrogen-bond donors (Lipinski definition) is 3. The lowest BCUT2D eigenvalue weighted by Gasteiger charge is -2.17. The van der Waals surface area contributed by atoms with E-state index in [4.69, 9.17) is 10.00 Å². The van der Waals surface area contributed by atoms with Crippen LogP contribution in [0.3, 0.4) is 0 Å². The fraction of sp³-hybridized carbons (Fsp3) is 0.474. The fourth-order valence-corrected chi connectivity index (χ4v) is 2.29. The van der Waals surface area contributed by atoms with Crippen LogP contribution in [0.2, 0.25) is 0 Å². The molecule has 1 aromatic carbocycles. The molecule has 0 aliphatic carbocycles. The van der Waals surface area contributed by atoms with E-state index in [0.717, 1.165) is 5.56 Å². The Balaban J connectivity index is 2.32. The smallest absolute Gasteiger partial charge is 0.407 e. The van der Waals surface area contributed by atoms with Crippen molar-refractivity contribution in [2.45, 2.75) is 44.4 Å². The molecule has 2 amide bonds. The van der Waals surface area contributed by atoms with Gasteiger partial charge in [-0.2, -0.15) is 5.26 Å². The predicted octanol–water partition coefficient (Wildman–Crippen LogP) is 1.02. The van der Waals surface area contributed by atoms with Crippen molar-refractivity contribution in [1.29, 1.82) is 5.26 Å². The van der Waals surface area contributed by atoms with Gasteiger partial charge in [0.2, 0.25) is 5.91 Å². The number of carbonyl (C=O) groups excluding carboxylic acids is 3. The summed E-state index contributed by atoms with van der Waals surface area (Å²) in [7, 11) is 1.20. The van der Waals surface area contributed by atoms with Crippen LogP contribution in [0, 0.1) is 11.3 Å². The second-order valence-corrected chi connectivity index (χ2v) is 5.99. The van der Waals surface area contributed by atoms with Gasteiger partial charge in [0, 0.05) is 13.0 Å². The van der Waals surface area contributed by atoms with Crippen molar-refractivity contribution in [1.82, 2.24) is 10.6 Å². The molecule has 9 heteroatoms. The summed E-state index contributed by atoms with van der Waals surface area (Å²) in [5.41, 5.74) is 0.822. The number of alkyl carbamates (subject to hydrolysis) is 1. The molecule has 9 nitrogen and oxygen atoms in total. The van der Waals surface area contributed by atoms with Gasteiger partial charge in [0.25, 0.3) is 0 Å². The summed E-state index contributed by atoms with van der Waals surface area (Å²) in [6, 6.07) is 10.2. The molecule has 1 rings (SSSR count). The van der Waals surface area contributed by atoms with Gasteiger partial charge in [0.15, 0.2) is 0 Å². The Hall–Kier alpha value is -3.12. The van der Waals surface area contributed by atoms with Crippen molar-refractivity contribution in [2.75, 3.05) is 13.7 Å². The number of nitriles is 1. The van der Waals surface area contributed by atoms with Crippen LogP contribution in [0.4, 0.5) is 4.79 Å². The van der Waals surface area contributed by atoms with Gasteiger partial charge in [-0.3, -0.25) is 4.79 Å². The molecule has 3 N–H and O–H groups in total. The zero-order valence-electron chi connectivity index (χ0n) is 15.7. The lowest BCUT2D eigenvalue weighted by Crippen LogP contribution is -2.43. The van der Waals surface area contributed by atoms with Crippen LogP contribution < -0.4 is 10.6 Å². The number of hydrogen-bond acceptors (Lipinski definition) is 7. The topological polar surface area (TPSA) is 138 Å². The van der Waals surface area contributed by atoms with Gasteiger partial charge in [-0.25, -0.2) is 9.59 Å². The largest absolute Gasteiger partial charge is 0.467 e. The van der Waals surface area contributed by atoms with E-state index in [1.54, 1.807) is 12.1 Å². The summed E-state index contributed by atoms with van der Waals surface area (Å²) in [6.45, 7) is -0.0921. The Labute approximate surface area is 163 Å². The molecule has 0 fully saturated rings. The van der Waals surface area contributed by atoms with Gasteiger partial charge in [-0.05, 0) is 18.4 Å². The molecule has 0 radical (unpaired) electrons. The van der Waals surface area contributed by atoms with Crippen molar-refractivity contribution in [2.24, 2.45) is 0 Å². The number of aliphatic hydroxyl groups is 1. The number of rotatable bonds is 11. The number of amides is 2. The minimum absolute atomic E-state index is 0.0900. The van der Waals surface area contributed by atoms with E-state index < -0.39 is 30.1 Å². The van der Waals surface area contributed by atoms with Crippen LogP contribution >= 0.6 is 0 Å². The number of methoxy groups -OCH3 is 1. The van der Waals surface area contributed by atoms with Gasteiger partial charge < -0.3 is 25.2 Å². The first-order valence-electron chi connectivity index (χ1n) is 8.83. The lowest BCUT2D eigenvalue weighted by atomic mass is 10.1. The number of nitrogens with one attached hydrogen (secondary N) is 2. The van der Waals surface area contributed by atoms with E-state index in [2.05, 4.69) is 15.4 Å². The zero-order valence-corrected chi connectivity index (χ0v) is 15.7. The van der Waals surface area contributed by atoms with Crippen LogP contribution in [0.25, 0.3) is 0 Å². The summed E-state index contributed by atoms with van der Waals surface area (Å²) in [5, 5.41) is 23.3. The number of nitrogens with zero attached hydrogens (tertiary/aromatic N) is 1. The van der Waals surface area contributed by atoms with Crippen LogP contribution in [0.15, 0.2) is 30.3 Å². The standard InChI is InChI=1S/C19H25N3O6/c1-27-18(25)16(9-5-6-10-20)22-17(24)11-15(23)12-21-19(26)28-13-14-7-3-2-4-8-14/h2-4,7-8,15-16,23H,5-6,9,11-13H2,1H3,(H,21,26)(H,22,24)/t15-,16-/m0/s1. The number of unbranched alkanes of at least 4 members (excludes halogenated alkanes) is 1. The highest BCUT2D eigenvalue weighted by Crippen LogP contribution is 2.04. The first kappa shape index (κ1) is 22.9. The molecule has 0 aliphatic rings. The minimum atomic E-state index is -1.15. The summed E-state index contributed by atoms with van der Waals surface area (Å²) in [6.07, 6.45) is -1.25. The van der Waals surface area contributed by atoms with E-state index in [0.29, 0.717) is 6.42 Å². The maximum Gasteiger partial charge on any atom is 0.407 e. The summed E-state index contributed by atoms with van der Waals surface area (Å²) in [4.78, 5) is 35.3. The molecule has 0 aromatic heterocycles. The maximum atomic E-state index is 12.0. The van der Waals surface area contributed by atoms with Crippen LogP contribution in [-0.4, -0.2) is 48.9 Å². The minimum Gasteiger partial charge on any atom is -0.467 e. The average molecular weight is 391 g/mol. The molecule has 0 saturated carbocycles. The highest BCUT2D eigenvalue weighted by molar-refractivity contribution is 5.84. The number of ether oxygens (including phenoxy) is 2. The molecular weight excluding hydrogens is 366 g/mol. The number of esters is 1. The van der Waals surface area contributed by atoms with Gasteiger partial charge in [0.1, 0.15) is 12.6 Å². The van der Waals surface area contributed by atoms with Gasteiger partial charge in [-0.15, -0.1) is 0 Å². The molecule has 2 atom stereocenters. The molecule has 0 saturated heterocycles. The van der Waals surface area contributed by atoms with Gasteiger partial charge >= 0.3 is 12.1 Å². The van der Waals surface area contributed by atoms with E-state index in [1.165, 1.54) is 7.11 Å². The molecule has 152 valence electrons. The molecule has 0 heterocycles. The molecule has 1 aromatic rings. The van der Waals surface area contributed by atoms with E-state index in [9.17, 15) is 19.5 Å². The molecule has 0 spiro atoms. The molecule has 0 bridgehead atoms. The molecule has 28 heavy (non-hydrogen) atoms. The maximum absolute atomic E-state index is 12.0. The second kappa shape index (κ2) is 13.1. The Kier molecular flexibility index (Phi) is 10.7. The third kappa shape index (κ3) is 9.54. The Morgan fingerprint density at radius 3 is 2.61 bits per heavy atom. The average Bonchev–Trinajstić information content (AvgIpc) is 2.70.